The molecular weight excluding hydrogens is 520 g/mol. The summed E-state index contributed by atoms with van der Waals surface area (Å²) in [5.41, 5.74) is 3.47. The summed E-state index contributed by atoms with van der Waals surface area (Å²) in [6, 6.07) is 24.0. The third-order valence-electron chi connectivity index (χ3n) is 7.66. The molecule has 7 nitrogen and oxygen atoms in total. The van der Waals surface area contributed by atoms with Gasteiger partial charge in [-0.05, 0) is 42.7 Å². The van der Waals surface area contributed by atoms with E-state index < -0.39 is 5.25 Å². The number of rotatable bonds is 9. The Balaban J connectivity index is 1.44. The summed E-state index contributed by atoms with van der Waals surface area (Å²) in [4.78, 5) is 17.5. The molecule has 0 amide bonds. The molecule has 40 heavy (non-hydrogen) atoms. The molecule has 2 aromatic heterocycles. The first-order valence-corrected chi connectivity index (χ1v) is 14.5. The fourth-order valence-electron chi connectivity index (χ4n) is 5.62. The first kappa shape index (κ1) is 26.2. The molecule has 1 atom stereocenters. The molecule has 3 aromatic carbocycles. The second kappa shape index (κ2) is 11.6. The van der Waals surface area contributed by atoms with Gasteiger partial charge in [0, 0.05) is 34.3 Å². The number of hydrogen-bond acceptors (Lipinski definition) is 6. The van der Waals surface area contributed by atoms with Crippen molar-refractivity contribution in [2.24, 2.45) is 0 Å². The van der Waals surface area contributed by atoms with Crippen LogP contribution in [-0.4, -0.2) is 39.8 Å². The number of Topliss-reactive ketones (excluding diaryl/α,β-unsaturated/α-hetero) is 1. The Kier molecular flexibility index (Phi) is 7.60. The fraction of sp³-hybridized carbons (Fsp3) is 0.281. The van der Waals surface area contributed by atoms with Gasteiger partial charge in [-0.3, -0.25) is 9.36 Å². The zero-order valence-electron chi connectivity index (χ0n) is 22.7. The van der Waals surface area contributed by atoms with E-state index in [0.29, 0.717) is 17.1 Å². The molecule has 0 aliphatic heterocycles. The third kappa shape index (κ3) is 4.99. The van der Waals surface area contributed by atoms with Crippen LogP contribution < -0.4 is 9.47 Å². The lowest BCUT2D eigenvalue weighted by Crippen LogP contribution is -2.17. The zero-order valence-corrected chi connectivity index (χ0v) is 23.5. The summed E-state index contributed by atoms with van der Waals surface area (Å²) in [5.74, 6) is 2.13. The third-order valence-corrected chi connectivity index (χ3v) is 8.88. The number of thioether (sulfide) groups is 1. The van der Waals surface area contributed by atoms with Crippen LogP contribution in [0.1, 0.15) is 59.3 Å². The number of methoxy groups -OCH3 is 2. The summed E-state index contributed by atoms with van der Waals surface area (Å²) in [7, 11) is 3.26. The van der Waals surface area contributed by atoms with E-state index in [1.54, 1.807) is 14.2 Å². The monoisotopic (exact) mass is 552 g/mol. The van der Waals surface area contributed by atoms with Gasteiger partial charge in [-0.2, -0.15) is 0 Å². The number of ketones is 1. The number of carbonyl (C=O) groups excluding carboxylic acids is 1. The van der Waals surface area contributed by atoms with E-state index in [1.165, 1.54) is 18.2 Å². The molecular formula is C32H32N4O3S. The number of fused-ring (bicyclic) bond motifs is 1. The Hall–Kier alpha value is -4.04. The topological polar surface area (TPSA) is 82.0 Å². The first-order valence-electron chi connectivity index (χ1n) is 13.7. The standard InChI is InChI=1S/C32H32N4O3S/c1-38-27-18-17-22(19-28(27)39-2)31-34-35-32(36(31)23-13-7-4-8-14-23)40-30(21-11-5-3-6-12-21)29(37)25-20-33-26-16-10-9-15-24(25)26/h3,5-6,9-12,15-20,23,30,33H,4,7-8,13-14H2,1-2H3/t30-/m1/s1. The predicted octanol–water partition coefficient (Wildman–Crippen LogP) is 7.67. The van der Waals surface area contributed by atoms with E-state index >= 15 is 0 Å². The molecule has 1 aliphatic rings. The fourth-order valence-corrected chi connectivity index (χ4v) is 6.80. The maximum atomic E-state index is 14.2. The number of hydrogen-bond donors (Lipinski definition) is 1. The molecule has 0 unspecified atom stereocenters. The van der Waals surface area contributed by atoms with E-state index in [4.69, 9.17) is 14.6 Å². The van der Waals surface area contributed by atoms with Gasteiger partial charge in [0.05, 0.1) is 14.2 Å². The highest BCUT2D eigenvalue weighted by Crippen LogP contribution is 2.43. The van der Waals surface area contributed by atoms with Gasteiger partial charge in [-0.1, -0.05) is 79.6 Å². The lowest BCUT2D eigenvalue weighted by molar-refractivity contribution is 0.0991. The Labute approximate surface area is 237 Å². The summed E-state index contributed by atoms with van der Waals surface area (Å²) in [6.45, 7) is 0. The Morgan fingerprint density at radius 2 is 1.68 bits per heavy atom. The molecule has 1 fully saturated rings. The molecule has 6 rings (SSSR count). The van der Waals surface area contributed by atoms with E-state index in [0.717, 1.165) is 58.7 Å². The number of ether oxygens (including phenoxy) is 2. The number of aromatic nitrogens is 4. The minimum absolute atomic E-state index is 0.0412. The number of aromatic amines is 1. The van der Waals surface area contributed by atoms with Gasteiger partial charge in [-0.15, -0.1) is 10.2 Å². The Bertz CT molecular complexity index is 1620. The van der Waals surface area contributed by atoms with Crippen LogP contribution in [0.15, 0.2) is 84.1 Å². The quantitative estimate of drug-likeness (QED) is 0.149. The van der Waals surface area contributed by atoms with Crippen molar-refractivity contribution in [3.63, 3.8) is 0 Å². The number of benzene rings is 3. The van der Waals surface area contributed by atoms with E-state index in [9.17, 15) is 4.79 Å². The summed E-state index contributed by atoms with van der Waals surface area (Å²) < 4.78 is 13.3. The molecule has 0 spiro atoms. The van der Waals surface area contributed by atoms with Crippen molar-refractivity contribution in [1.82, 2.24) is 19.7 Å². The Morgan fingerprint density at radius 1 is 0.925 bits per heavy atom. The van der Waals surface area contributed by atoms with Gasteiger partial charge in [0.1, 0.15) is 5.25 Å². The second-order valence-electron chi connectivity index (χ2n) is 10.1. The summed E-state index contributed by atoms with van der Waals surface area (Å²) in [6.07, 6.45) is 7.49. The van der Waals surface area contributed by atoms with Gasteiger partial charge >= 0.3 is 0 Å². The summed E-state index contributed by atoms with van der Waals surface area (Å²) in [5, 5.41) is 10.6. The molecule has 2 heterocycles. The highest BCUT2D eigenvalue weighted by atomic mass is 32.2. The molecule has 1 N–H and O–H groups in total. The van der Waals surface area contributed by atoms with Crippen LogP contribution in [0.2, 0.25) is 0 Å². The van der Waals surface area contributed by atoms with Crippen LogP contribution in [0.3, 0.4) is 0 Å². The van der Waals surface area contributed by atoms with Crippen molar-refractivity contribution in [1.29, 1.82) is 0 Å². The normalized spacial score (nSPS) is 14.8. The van der Waals surface area contributed by atoms with Gasteiger partial charge in [-0.25, -0.2) is 0 Å². The van der Waals surface area contributed by atoms with Crippen LogP contribution in [0.5, 0.6) is 11.5 Å². The molecule has 1 saturated carbocycles. The number of nitrogens with zero attached hydrogens (tertiary/aromatic N) is 3. The molecule has 8 heteroatoms. The zero-order chi connectivity index (χ0) is 27.5. The van der Waals surface area contributed by atoms with Gasteiger partial charge in [0.15, 0.2) is 28.3 Å². The average Bonchev–Trinajstić information content (AvgIpc) is 3.64. The van der Waals surface area contributed by atoms with E-state index in [1.807, 2.05) is 79.0 Å². The Morgan fingerprint density at radius 3 is 2.45 bits per heavy atom. The predicted molar refractivity (Wildman–Crippen MR) is 158 cm³/mol. The number of carbonyl (C=O) groups is 1. The molecule has 0 bridgehead atoms. The van der Waals surface area contributed by atoms with Crippen molar-refractivity contribution in [2.75, 3.05) is 14.2 Å². The number of nitrogens with one attached hydrogen (secondary N) is 1. The van der Waals surface area contributed by atoms with Crippen LogP contribution in [0.4, 0.5) is 0 Å². The van der Waals surface area contributed by atoms with Gasteiger partial charge in [0.25, 0.3) is 0 Å². The van der Waals surface area contributed by atoms with Crippen LogP contribution in [0, 0.1) is 0 Å². The first-order chi connectivity index (χ1) is 19.7. The van der Waals surface area contributed by atoms with Crippen LogP contribution in [-0.2, 0) is 0 Å². The summed E-state index contributed by atoms with van der Waals surface area (Å²) >= 11 is 1.48. The van der Waals surface area contributed by atoms with E-state index in [2.05, 4.69) is 14.6 Å². The van der Waals surface area contributed by atoms with Crippen LogP contribution >= 0.6 is 11.8 Å². The number of H-pyrrole nitrogens is 1. The van der Waals surface area contributed by atoms with Gasteiger partial charge in [0.2, 0.25) is 0 Å². The molecule has 0 radical (unpaired) electrons. The SMILES string of the molecule is COc1ccc(-c2nnc(S[C@@H](C(=O)c3c[nH]c4ccccc34)c3ccccc3)n2C2CCCCC2)cc1OC. The second-order valence-corrected chi connectivity index (χ2v) is 11.1. The van der Waals surface area contributed by atoms with Crippen molar-refractivity contribution in [3.05, 3.63) is 90.1 Å². The lowest BCUT2D eigenvalue weighted by atomic mass is 9.95. The lowest BCUT2D eigenvalue weighted by Gasteiger charge is -2.26. The van der Waals surface area contributed by atoms with Crippen LogP contribution in [0.25, 0.3) is 22.3 Å². The maximum absolute atomic E-state index is 14.2. The minimum Gasteiger partial charge on any atom is -0.493 e. The van der Waals surface area contributed by atoms with Gasteiger partial charge < -0.3 is 14.5 Å². The molecule has 1 aliphatic carbocycles. The van der Waals surface area contributed by atoms with Crippen molar-refractivity contribution < 1.29 is 14.3 Å². The average molecular weight is 553 g/mol. The maximum Gasteiger partial charge on any atom is 0.192 e. The highest BCUT2D eigenvalue weighted by Gasteiger charge is 2.31. The largest absolute Gasteiger partial charge is 0.493 e. The van der Waals surface area contributed by atoms with E-state index in [-0.39, 0.29) is 11.8 Å². The highest BCUT2D eigenvalue weighted by molar-refractivity contribution is 8.00. The van der Waals surface area contributed by atoms with Crippen molar-refractivity contribution >= 4 is 28.4 Å². The van der Waals surface area contributed by atoms with Crippen molar-refractivity contribution in [3.8, 4) is 22.9 Å². The number of para-hydroxylation sites is 1. The van der Waals surface area contributed by atoms with Crippen molar-refractivity contribution in [2.45, 2.75) is 48.6 Å². The molecule has 0 saturated heterocycles. The molecule has 204 valence electrons. The molecule has 5 aromatic rings. The minimum atomic E-state index is -0.481. The smallest absolute Gasteiger partial charge is 0.192 e.